The predicted molar refractivity (Wildman–Crippen MR) is 86.1 cm³/mol. The number of phenols is 1. The fourth-order valence-corrected chi connectivity index (χ4v) is 3.07. The summed E-state index contributed by atoms with van der Waals surface area (Å²) in [4.78, 5) is 0. The number of hydrogen-bond donors (Lipinski definition) is 2. The smallest absolute Gasteiger partial charge is 0.120 e. The Balaban J connectivity index is 2.21. The van der Waals surface area contributed by atoms with Crippen molar-refractivity contribution in [1.82, 2.24) is 0 Å². The van der Waals surface area contributed by atoms with Crippen LogP contribution in [-0.4, -0.2) is 12.2 Å². The van der Waals surface area contributed by atoms with Gasteiger partial charge in [0.2, 0.25) is 0 Å². The number of aromatic hydroxyl groups is 1. The van der Waals surface area contributed by atoms with Crippen molar-refractivity contribution in [2.24, 2.45) is 0 Å². The summed E-state index contributed by atoms with van der Waals surface area (Å²) in [5.74, 6) is 0.857. The van der Waals surface area contributed by atoms with E-state index in [0.717, 1.165) is 4.47 Å². The Kier molecular flexibility index (Phi) is 5.02. The zero-order valence-electron chi connectivity index (χ0n) is 10.6. The van der Waals surface area contributed by atoms with Gasteiger partial charge < -0.3 is 15.2 Å². The first-order chi connectivity index (χ1) is 9.51. The lowest BCUT2D eigenvalue weighted by Crippen LogP contribution is -2.01. The third-order valence-electron chi connectivity index (χ3n) is 2.75. The summed E-state index contributed by atoms with van der Waals surface area (Å²) < 4.78 is 5.94. The van der Waals surface area contributed by atoms with E-state index in [1.807, 2.05) is 0 Å². The predicted octanol–water partition coefficient (Wildman–Crippen LogP) is 5.08. The maximum atomic E-state index is 9.82. The number of methoxy groups -OCH3 is 1. The summed E-state index contributed by atoms with van der Waals surface area (Å²) in [5.41, 5.74) is 1.32. The molecule has 6 heteroatoms. The maximum Gasteiger partial charge on any atom is 0.120 e. The lowest BCUT2D eigenvalue weighted by molar-refractivity contribution is 0.411. The summed E-state index contributed by atoms with van der Waals surface area (Å²) in [6.07, 6.45) is 0. The van der Waals surface area contributed by atoms with Gasteiger partial charge in [-0.15, -0.1) is 0 Å². The summed E-state index contributed by atoms with van der Waals surface area (Å²) in [7, 11) is 1.58. The van der Waals surface area contributed by atoms with Gasteiger partial charge in [-0.05, 0) is 30.3 Å². The highest BCUT2D eigenvalue weighted by atomic mass is 79.9. The van der Waals surface area contributed by atoms with Crippen molar-refractivity contribution in [2.75, 3.05) is 12.4 Å². The van der Waals surface area contributed by atoms with Gasteiger partial charge in [-0.2, -0.15) is 0 Å². The molecule has 2 aromatic carbocycles. The van der Waals surface area contributed by atoms with Crippen molar-refractivity contribution in [3.8, 4) is 11.5 Å². The Morgan fingerprint density at radius 2 is 1.85 bits per heavy atom. The fraction of sp³-hybridized carbons (Fsp3) is 0.143. The number of anilines is 1. The van der Waals surface area contributed by atoms with Crippen molar-refractivity contribution in [1.29, 1.82) is 0 Å². The molecule has 0 aliphatic carbocycles. The average molecular weight is 377 g/mol. The quantitative estimate of drug-likeness (QED) is 0.781. The molecule has 2 aromatic rings. The van der Waals surface area contributed by atoms with Crippen LogP contribution in [0.4, 0.5) is 5.69 Å². The van der Waals surface area contributed by atoms with E-state index in [-0.39, 0.29) is 5.75 Å². The van der Waals surface area contributed by atoms with E-state index in [9.17, 15) is 5.11 Å². The standard InChI is InChI=1S/C14H12BrCl2NO2/c1-20-10-2-3-13(19)8(4-10)7-18-14-11(16)5-9(15)6-12(14)17/h2-6,18-19H,7H2,1H3. The van der Waals surface area contributed by atoms with Crippen LogP contribution in [0.3, 0.4) is 0 Å². The Bertz CT molecular complexity index is 612. The summed E-state index contributed by atoms with van der Waals surface area (Å²) in [6.45, 7) is 0.379. The van der Waals surface area contributed by atoms with Crippen molar-refractivity contribution in [3.63, 3.8) is 0 Å². The molecule has 0 spiro atoms. The third-order valence-corrected chi connectivity index (χ3v) is 3.80. The zero-order valence-corrected chi connectivity index (χ0v) is 13.7. The molecule has 0 aliphatic rings. The molecular formula is C14H12BrCl2NO2. The Hall–Kier alpha value is -1.10. The molecule has 2 rings (SSSR count). The summed E-state index contributed by atoms with van der Waals surface area (Å²) in [6, 6.07) is 8.53. The molecule has 106 valence electrons. The second-order valence-corrected chi connectivity index (χ2v) is 5.82. The molecule has 0 bridgehead atoms. The Morgan fingerprint density at radius 3 is 2.45 bits per heavy atom. The van der Waals surface area contributed by atoms with Gasteiger partial charge in [-0.25, -0.2) is 0 Å². The number of phenolic OH excluding ortho intramolecular Hbond substituents is 1. The van der Waals surface area contributed by atoms with Gasteiger partial charge >= 0.3 is 0 Å². The van der Waals surface area contributed by atoms with Crippen LogP contribution in [0.1, 0.15) is 5.56 Å². The lowest BCUT2D eigenvalue weighted by Gasteiger charge is -2.12. The maximum absolute atomic E-state index is 9.82. The van der Waals surface area contributed by atoms with Gasteiger partial charge in [-0.3, -0.25) is 0 Å². The molecule has 0 unspecified atom stereocenters. The minimum atomic E-state index is 0.183. The zero-order chi connectivity index (χ0) is 14.7. The van der Waals surface area contributed by atoms with Crippen LogP contribution in [0, 0.1) is 0 Å². The largest absolute Gasteiger partial charge is 0.508 e. The van der Waals surface area contributed by atoms with Gasteiger partial charge in [0.25, 0.3) is 0 Å². The molecule has 0 fully saturated rings. The van der Waals surface area contributed by atoms with Crippen LogP contribution >= 0.6 is 39.1 Å². The number of hydrogen-bond acceptors (Lipinski definition) is 3. The highest BCUT2D eigenvalue weighted by molar-refractivity contribution is 9.10. The van der Waals surface area contributed by atoms with E-state index in [1.54, 1.807) is 37.4 Å². The Morgan fingerprint density at radius 1 is 1.20 bits per heavy atom. The van der Waals surface area contributed by atoms with Gasteiger partial charge in [0.1, 0.15) is 11.5 Å². The van der Waals surface area contributed by atoms with Crippen LogP contribution in [0.5, 0.6) is 11.5 Å². The summed E-state index contributed by atoms with van der Waals surface area (Å²) in [5, 5.41) is 14.0. The number of ether oxygens (including phenoxy) is 1. The van der Waals surface area contributed by atoms with Crippen LogP contribution in [0.15, 0.2) is 34.8 Å². The molecular weight excluding hydrogens is 365 g/mol. The molecule has 2 N–H and O–H groups in total. The van der Waals surface area contributed by atoms with Crippen molar-refractivity contribution >= 4 is 44.8 Å². The number of halogens is 3. The highest BCUT2D eigenvalue weighted by Gasteiger charge is 2.09. The van der Waals surface area contributed by atoms with Crippen LogP contribution in [0.25, 0.3) is 0 Å². The first-order valence-corrected chi connectivity index (χ1v) is 7.30. The molecule has 0 aliphatic heterocycles. The monoisotopic (exact) mass is 375 g/mol. The molecule has 20 heavy (non-hydrogen) atoms. The number of benzene rings is 2. The third kappa shape index (κ3) is 3.51. The van der Waals surface area contributed by atoms with Gasteiger partial charge in [0.15, 0.2) is 0 Å². The van der Waals surface area contributed by atoms with E-state index in [4.69, 9.17) is 27.9 Å². The minimum Gasteiger partial charge on any atom is -0.508 e. The molecule has 0 amide bonds. The van der Waals surface area contributed by atoms with E-state index in [0.29, 0.717) is 33.6 Å². The van der Waals surface area contributed by atoms with Gasteiger partial charge in [-0.1, -0.05) is 39.1 Å². The highest BCUT2D eigenvalue weighted by Crippen LogP contribution is 2.34. The first-order valence-electron chi connectivity index (χ1n) is 5.75. The fourth-order valence-electron chi connectivity index (χ4n) is 1.73. The molecule has 0 radical (unpaired) electrons. The van der Waals surface area contributed by atoms with Crippen LogP contribution < -0.4 is 10.1 Å². The van der Waals surface area contributed by atoms with Crippen molar-refractivity contribution in [3.05, 3.63) is 50.4 Å². The number of rotatable bonds is 4. The summed E-state index contributed by atoms with van der Waals surface area (Å²) >= 11 is 15.6. The average Bonchev–Trinajstić information content (AvgIpc) is 2.39. The molecule has 0 saturated carbocycles. The van der Waals surface area contributed by atoms with Crippen molar-refractivity contribution < 1.29 is 9.84 Å². The van der Waals surface area contributed by atoms with E-state index in [1.165, 1.54) is 0 Å². The molecule has 0 atom stereocenters. The minimum absolute atomic E-state index is 0.183. The Labute approximate surface area is 135 Å². The topological polar surface area (TPSA) is 41.5 Å². The first kappa shape index (κ1) is 15.3. The molecule has 0 saturated heterocycles. The van der Waals surface area contributed by atoms with Gasteiger partial charge in [0, 0.05) is 16.6 Å². The lowest BCUT2D eigenvalue weighted by atomic mass is 10.2. The van der Waals surface area contributed by atoms with E-state index < -0.39 is 0 Å². The second-order valence-electron chi connectivity index (χ2n) is 4.09. The number of nitrogens with one attached hydrogen (secondary N) is 1. The van der Waals surface area contributed by atoms with Crippen LogP contribution in [0.2, 0.25) is 10.0 Å². The molecule has 0 aromatic heterocycles. The normalized spacial score (nSPS) is 10.4. The molecule has 0 heterocycles. The van der Waals surface area contributed by atoms with Crippen molar-refractivity contribution in [2.45, 2.75) is 6.54 Å². The SMILES string of the molecule is COc1ccc(O)c(CNc2c(Cl)cc(Br)cc2Cl)c1. The van der Waals surface area contributed by atoms with E-state index in [2.05, 4.69) is 21.2 Å². The van der Waals surface area contributed by atoms with Crippen LogP contribution in [-0.2, 0) is 6.54 Å². The second kappa shape index (κ2) is 6.57. The van der Waals surface area contributed by atoms with Gasteiger partial charge in [0.05, 0.1) is 22.8 Å². The van der Waals surface area contributed by atoms with E-state index >= 15 is 0 Å². The molecule has 3 nitrogen and oxygen atoms in total.